The van der Waals surface area contributed by atoms with Gasteiger partial charge in [-0.1, -0.05) is 6.42 Å². The first kappa shape index (κ1) is 8.24. The van der Waals surface area contributed by atoms with Crippen LogP contribution in [0.2, 0.25) is 0 Å². The molecule has 0 atom stereocenters. The molecule has 1 aromatic heterocycles. The minimum atomic E-state index is 0.730. The Hall–Kier alpha value is -1.09. The van der Waals surface area contributed by atoms with Gasteiger partial charge < -0.3 is 5.73 Å². The van der Waals surface area contributed by atoms with Crippen molar-refractivity contribution in [3.05, 3.63) is 23.2 Å². The number of nitrogens with zero attached hydrogens (tertiary/aromatic N) is 1. The molecule has 2 aromatic rings. The lowest BCUT2D eigenvalue weighted by molar-refractivity contribution is 0.419. The van der Waals surface area contributed by atoms with Crippen molar-refractivity contribution in [2.24, 2.45) is 0 Å². The zero-order chi connectivity index (χ0) is 9.54. The number of hydrogen-bond acceptors (Lipinski definition) is 3. The first-order chi connectivity index (χ1) is 6.83. The fraction of sp³-hybridized carbons (Fsp3) is 0.364. The summed E-state index contributed by atoms with van der Waals surface area (Å²) < 4.78 is 1.26. The van der Waals surface area contributed by atoms with E-state index in [1.165, 1.54) is 29.0 Å². The van der Waals surface area contributed by atoms with Gasteiger partial charge in [-0.05, 0) is 31.0 Å². The molecular weight excluding hydrogens is 192 g/mol. The van der Waals surface area contributed by atoms with E-state index in [-0.39, 0.29) is 0 Å². The second-order valence-electron chi connectivity index (χ2n) is 3.91. The van der Waals surface area contributed by atoms with Crippen molar-refractivity contribution in [3.63, 3.8) is 0 Å². The molecule has 1 fully saturated rings. The van der Waals surface area contributed by atoms with E-state index in [0.29, 0.717) is 0 Å². The molecule has 0 aliphatic heterocycles. The van der Waals surface area contributed by atoms with Crippen molar-refractivity contribution >= 4 is 27.2 Å². The van der Waals surface area contributed by atoms with Gasteiger partial charge in [0.25, 0.3) is 0 Å². The van der Waals surface area contributed by atoms with Crippen LogP contribution >= 0.6 is 11.3 Å². The molecule has 0 saturated heterocycles. The number of hydrogen-bond donors (Lipinski definition) is 1. The topological polar surface area (TPSA) is 38.9 Å². The fourth-order valence-electron chi connectivity index (χ4n) is 1.79. The number of thiazole rings is 1. The quantitative estimate of drug-likeness (QED) is 0.725. The number of nitrogen functional groups attached to an aromatic ring is 1. The number of anilines is 1. The van der Waals surface area contributed by atoms with Crippen molar-refractivity contribution in [1.82, 2.24) is 4.98 Å². The lowest BCUT2D eigenvalue weighted by Crippen LogP contribution is -2.07. The minimum absolute atomic E-state index is 0.730. The summed E-state index contributed by atoms with van der Waals surface area (Å²) in [5.41, 5.74) is 7.60. The highest BCUT2D eigenvalue weighted by molar-refractivity contribution is 7.18. The second-order valence-corrected chi connectivity index (χ2v) is 4.97. The summed E-state index contributed by atoms with van der Waals surface area (Å²) in [6.45, 7) is 0. The van der Waals surface area contributed by atoms with Gasteiger partial charge >= 0.3 is 0 Å². The van der Waals surface area contributed by atoms with Crippen LogP contribution in [0.1, 0.15) is 30.2 Å². The molecule has 1 heterocycles. The van der Waals surface area contributed by atoms with Crippen LogP contribution in [0.4, 0.5) is 5.69 Å². The average Bonchev–Trinajstić information content (AvgIpc) is 2.43. The van der Waals surface area contributed by atoms with Gasteiger partial charge in [0.2, 0.25) is 0 Å². The monoisotopic (exact) mass is 204 g/mol. The average molecular weight is 204 g/mol. The van der Waals surface area contributed by atoms with Crippen LogP contribution in [0.25, 0.3) is 10.2 Å². The van der Waals surface area contributed by atoms with Crippen LogP contribution in [0.5, 0.6) is 0 Å². The van der Waals surface area contributed by atoms with E-state index in [1.54, 1.807) is 0 Å². The van der Waals surface area contributed by atoms with Crippen molar-refractivity contribution in [2.45, 2.75) is 25.2 Å². The van der Waals surface area contributed by atoms with Gasteiger partial charge in [0, 0.05) is 11.6 Å². The lowest BCUT2D eigenvalue weighted by atomic mass is 9.86. The largest absolute Gasteiger partial charge is 0.399 e. The summed E-state index contributed by atoms with van der Waals surface area (Å²) in [5, 5.41) is 1.30. The van der Waals surface area contributed by atoms with E-state index in [9.17, 15) is 0 Å². The van der Waals surface area contributed by atoms with Gasteiger partial charge in [0.1, 0.15) is 0 Å². The molecule has 1 aliphatic carbocycles. The maximum absolute atomic E-state index is 5.72. The summed E-state index contributed by atoms with van der Waals surface area (Å²) in [6, 6.07) is 5.99. The second kappa shape index (κ2) is 2.95. The Morgan fingerprint density at radius 2 is 2.21 bits per heavy atom. The van der Waals surface area contributed by atoms with Crippen molar-refractivity contribution < 1.29 is 0 Å². The Morgan fingerprint density at radius 3 is 2.93 bits per heavy atom. The minimum Gasteiger partial charge on any atom is -0.399 e. The highest BCUT2D eigenvalue weighted by Gasteiger charge is 2.22. The third-order valence-corrected chi connectivity index (χ3v) is 4.08. The Bertz CT molecular complexity index is 471. The zero-order valence-corrected chi connectivity index (χ0v) is 8.68. The lowest BCUT2D eigenvalue weighted by Gasteiger charge is -2.22. The van der Waals surface area contributed by atoms with Gasteiger partial charge in [-0.25, -0.2) is 4.98 Å². The normalized spacial score (nSPS) is 17.1. The number of fused-ring (bicyclic) bond motifs is 1. The van der Waals surface area contributed by atoms with Crippen molar-refractivity contribution in [3.8, 4) is 0 Å². The van der Waals surface area contributed by atoms with Crippen LogP contribution in [-0.2, 0) is 0 Å². The maximum atomic E-state index is 5.72. The summed E-state index contributed by atoms with van der Waals surface area (Å²) in [6.07, 6.45) is 3.99. The summed E-state index contributed by atoms with van der Waals surface area (Å²) in [5.74, 6) is 0.730. The molecule has 1 saturated carbocycles. The summed E-state index contributed by atoms with van der Waals surface area (Å²) >= 11 is 1.82. The molecule has 0 spiro atoms. The first-order valence-corrected chi connectivity index (χ1v) is 5.80. The van der Waals surface area contributed by atoms with E-state index in [1.807, 2.05) is 23.5 Å². The van der Waals surface area contributed by atoms with Gasteiger partial charge in [0.05, 0.1) is 15.2 Å². The van der Waals surface area contributed by atoms with Gasteiger partial charge in [-0.3, -0.25) is 0 Å². The molecule has 2 nitrogen and oxygen atoms in total. The predicted molar refractivity (Wildman–Crippen MR) is 60.6 cm³/mol. The van der Waals surface area contributed by atoms with E-state index in [2.05, 4.69) is 11.1 Å². The van der Waals surface area contributed by atoms with Gasteiger partial charge in [0.15, 0.2) is 0 Å². The molecular formula is C11H12N2S. The number of benzene rings is 1. The smallest absolute Gasteiger partial charge is 0.0969 e. The number of rotatable bonds is 1. The molecule has 1 aromatic carbocycles. The third kappa shape index (κ3) is 1.20. The Kier molecular flexibility index (Phi) is 1.74. The predicted octanol–water partition coefficient (Wildman–Crippen LogP) is 3.15. The van der Waals surface area contributed by atoms with Gasteiger partial charge in [-0.2, -0.15) is 0 Å². The molecule has 3 rings (SSSR count). The standard InChI is InChI=1S/C11H12N2S/c12-8-4-5-10-9(6-8)13-11(14-10)7-2-1-3-7/h4-7H,1-3,12H2. The van der Waals surface area contributed by atoms with Crippen LogP contribution in [0.3, 0.4) is 0 Å². The Labute approximate surface area is 86.8 Å². The fourth-order valence-corrected chi connectivity index (χ4v) is 2.91. The molecule has 0 unspecified atom stereocenters. The van der Waals surface area contributed by atoms with Crippen LogP contribution in [-0.4, -0.2) is 4.98 Å². The Balaban J connectivity index is 2.10. The number of aromatic nitrogens is 1. The van der Waals surface area contributed by atoms with Gasteiger partial charge in [-0.15, -0.1) is 11.3 Å². The van der Waals surface area contributed by atoms with E-state index in [0.717, 1.165) is 17.1 Å². The molecule has 72 valence electrons. The molecule has 3 heteroatoms. The molecule has 1 aliphatic rings. The molecule has 0 bridgehead atoms. The zero-order valence-electron chi connectivity index (χ0n) is 7.86. The van der Waals surface area contributed by atoms with Crippen LogP contribution in [0, 0.1) is 0 Å². The molecule has 14 heavy (non-hydrogen) atoms. The molecule has 2 N–H and O–H groups in total. The first-order valence-electron chi connectivity index (χ1n) is 4.99. The van der Waals surface area contributed by atoms with E-state index >= 15 is 0 Å². The molecule has 0 radical (unpaired) electrons. The summed E-state index contributed by atoms with van der Waals surface area (Å²) in [7, 11) is 0. The van der Waals surface area contributed by atoms with Crippen molar-refractivity contribution in [2.75, 3.05) is 5.73 Å². The maximum Gasteiger partial charge on any atom is 0.0969 e. The SMILES string of the molecule is Nc1ccc2sc(C3CCC3)nc2c1. The highest BCUT2D eigenvalue weighted by atomic mass is 32.1. The van der Waals surface area contributed by atoms with E-state index < -0.39 is 0 Å². The van der Waals surface area contributed by atoms with Crippen molar-refractivity contribution in [1.29, 1.82) is 0 Å². The molecule has 0 amide bonds. The van der Waals surface area contributed by atoms with Crippen LogP contribution in [0.15, 0.2) is 18.2 Å². The van der Waals surface area contributed by atoms with E-state index in [4.69, 9.17) is 5.73 Å². The summed E-state index contributed by atoms with van der Waals surface area (Å²) in [4.78, 5) is 4.63. The Morgan fingerprint density at radius 1 is 1.36 bits per heavy atom. The van der Waals surface area contributed by atoms with Crippen LogP contribution < -0.4 is 5.73 Å². The highest BCUT2D eigenvalue weighted by Crippen LogP contribution is 2.40. The number of nitrogens with two attached hydrogens (primary N) is 1. The third-order valence-electron chi connectivity index (χ3n) is 2.88.